The summed E-state index contributed by atoms with van der Waals surface area (Å²) in [6.07, 6.45) is 2.21. The second-order valence-electron chi connectivity index (χ2n) is 3.99. The van der Waals surface area contributed by atoms with Gasteiger partial charge in [-0.05, 0) is 12.8 Å². The number of rotatable bonds is 6. The lowest BCUT2D eigenvalue weighted by Gasteiger charge is -2.31. The fraction of sp³-hybridized carbons (Fsp3) is 0.909. The molecule has 0 aromatic heterocycles. The number of likely N-dealkylation sites (tertiary alicyclic amines) is 1. The maximum Gasteiger partial charge on any atom is 0.236 e. The van der Waals surface area contributed by atoms with Crippen LogP contribution >= 0.6 is 0 Å². The number of amides is 1. The highest BCUT2D eigenvalue weighted by atomic mass is 16.5. The van der Waals surface area contributed by atoms with Crippen LogP contribution in [0, 0.1) is 0 Å². The standard InChI is InChI=1S/C11H22N2O3/c1-15-8-5-12-9-11(14)13-6-3-10(16-2)4-7-13/h10,12H,3-9H2,1-2H3. The van der Waals surface area contributed by atoms with Crippen LogP contribution in [0.3, 0.4) is 0 Å². The van der Waals surface area contributed by atoms with Crippen molar-refractivity contribution in [3.05, 3.63) is 0 Å². The van der Waals surface area contributed by atoms with Crippen molar-refractivity contribution in [2.75, 3.05) is 47.0 Å². The van der Waals surface area contributed by atoms with Gasteiger partial charge in [-0.3, -0.25) is 4.79 Å². The molecule has 1 aliphatic heterocycles. The Morgan fingerprint density at radius 1 is 1.38 bits per heavy atom. The van der Waals surface area contributed by atoms with E-state index in [0.717, 1.165) is 32.5 Å². The monoisotopic (exact) mass is 230 g/mol. The Labute approximate surface area is 97.1 Å². The third-order valence-electron chi connectivity index (χ3n) is 2.89. The van der Waals surface area contributed by atoms with Gasteiger partial charge in [0.2, 0.25) is 5.91 Å². The van der Waals surface area contributed by atoms with Gasteiger partial charge in [-0.1, -0.05) is 0 Å². The molecule has 1 rings (SSSR count). The predicted octanol–water partition coefficient (Wildman–Crippen LogP) is -0.140. The van der Waals surface area contributed by atoms with Gasteiger partial charge in [-0.15, -0.1) is 0 Å². The Morgan fingerprint density at radius 2 is 2.06 bits per heavy atom. The Hall–Kier alpha value is -0.650. The van der Waals surface area contributed by atoms with Crippen LogP contribution in [-0.4, -0.2) is 63.9 Å². The SMILES string of the molecule is COCCNCC(=O)N1CCC(OC)CC1. The predicted molar refractivity (Wildman–Crippen MR) is 61.4 cm³/mol. The lowest BCUT2D eigenvalue weighted by atomic mass is 10.1. The van der Waals surface area contributed by atoms with Crippen LogP contribution in [0.1, 0.15) is 12.8 Å². The van der Waals surface area contributed by atoms with E-state index in [1.807, 2.05) is 4.90 Å². The third-order valence-corrected chi connectivity index (χ3v) is 2.89. The highest BCUT2D eigenvalue weighted by Gasteiger charge is 2.21. The summed E-state index contributed by atoms with van der Waals surface area (Å²) < 4.78 is 10.2. The zero-order valence-electron chi connectivity index (χ0n) is 10.2. The van der Waals surface area contributed by atoms with Crippen molar-refractivity contribution in [2.24, 2.45) is 0 Å². The van der Waals surface area contributed by atoms with Gasteiger partial charge in [0.25, 0.3) is 0 Å². The second kappa shape index (κ2) is 7.60. The van der Waals surface area contributed by atoms with Gasteiger partial charge in [0.1, 0.15) is 0 Å². The molecule has 0 atom stereocenters. The number of methoxy groups -OCH3 is 2. The molecule has 0 radical (unpaired) electrons. The van der Waals surface area contributed by atoms with Crippen LogP contribution in [0.4, 0.5) is 0 Å². The van der Waals surface area contributed by atoms with Crippen LogP contribution in [0.25, 0.3) is 0 Å². The Kier molecular flexibility index (Phi) is 6.37. The van der Waals surface area contributed by atoms with Gasteiger partial charge in [0.05, 0.1) is 19.3 Å². The van der Waals surface area contributed by atoms with Crippen LogP contribution in [-0.2, 0) is 14.3 Å². The van der Waals surface area contributed by atoms with Crippen molar-refractivity contribution in [1.29, 1.82) is 0 Å². The van der Waals surface area contributed by atoms with Gasteiger partial charge in [0, 0.05) is 33.9 Å². The minimum absolute atomic E-state index is 0.172. The summed E-state index contributed by atoms with van der Waals surface area (Å²) in [4.78, 5) is 13.6. The van der Waals surface area contributed by atoms with Crippen molar-refractivity contribution in [3.63, 3.8) is 0 Å². The number of carbonyl (C=O) groups is 1. The van der Waals surface area contributed by atoms with E-state index in [2.05, 4.69) is 5.32 Å². The van der Waals surface area contributed by atoms with E-state index in [9.17, 15) is 4.79 Å². The molecule has 0 spiro atoms. The highest BCUT2D eigenvalue weighted by molar-refractivity contribution is 5.78. The summed E-state index contributed by atoms with van der Waals surface area (Å²) in [7, 11) is 3.38. The van der Waals surface area contributed by atoms with Crippen molar-refractivity contribution < 1.29 is 14.3 Å². The van der Waals surface area contributed by atoms with Crippen molar-refractivity contribution in [2.45, 2.75) is 18.9 Å². The second-order valence-corrected chi connectivity index (χ2v) is 3.99. The lowest BCUT2D eigenvalue weighted by molar-refractivity contribution is -0.132. The number of carbonyl (C=O) groups excluding carboxylic acids is 1. The molecule has 1 aliphatic rings. The molecule has 1 fully saturated rings. The van der Waals surface area contributed by atoms with E-state index in [0.29, 0.717) is 19.3 Å². The molecule has 1 amide bonds. The van der Waals surface area contributed by atoms with Gasteiger partial charge in [-0.2, -0.15) is 0 Å². The summed E-state index contributed by atoms with van der Waals surface area (Å²) >= 11 is 0. The van der Waals surface area contributed by atoms with E-state index in [-0.39, 0.29) is 5.91 Å². The molecular weight excluding hydrogens is 208 g/mol. The molecular formula is C11H22N2O3. The molecule has 0 aliphatic carbocycles. The van der Waals surface area contributed by atoms with Crippen molar-refractivity contribution in [1.82, 2.24) is 10.2 Å². The zero-order chi connectivity index (χ0) is 11.8. The van der Waals surface area contributed by atoms with Gasteiger partial charge in [0.15, 0.2) is 0 Å². The van der Waals surface area contributed by atoms with E-state index in [1.54, 1.807) is 14.2 Å². The first kappa shape index (κ1) is 13.4. The molecule has 0 bridgehead atoms. The quantitative estimate of drug-likeness (QED) is 0.645. The fourth-order valence-corrected chi connectivity index (χ4v) is 1.82. The first-order valence-electron chi connectivity index (χ1n) is 5.78. The van der Waals surface area contributed by atoms with E-state index < -0.39 is 0 Å². The molecule has 5 heteroatoms. The highest BCUT2D eigenvalue weighted by Crippen LogP contribution is 2.12. The Balaban J connectivity index is 2.13. The number of ether oxygens (including phenoxy) is 2. The maximum atomic E-state index is 11.7. The number of piperidine rings is 1. The normalized spacial score (nSPS) is 17.8. The summed E-state index contributed by atoms with van der Waals surface area (Å²) in [6, 6.07) is 0. The average Bonchev–Trinajstić information content (AvgIpc) is 2.34. The topological polar surface area (TPSA) is 50.8 Å². The van der Waals surface area contributed by atoms with Crippen LogP contribution < -0.4 is 5.32 Å². The number of hydrogen-bond donors (Lipinski definition) is 1. The average molecular weight is 230 g/mol. The molecule has 1 saturated heterocycles. The number of nitrogens with zero attached hydrogens (tertiary/aromatic N) is 1. The molecule has 94 valence electrons. The first-order chi connectivity index (χ1) is 7.77. The van der Waals surface area contributed by atoms with Gasteiger partial charge < -0.3 is 19.7 Å². The molecule has 16 heavy (non-hydrogen) atoms. The number of nitrogens with one attached hydrogen (secondary N) is 1. The molecule has 1 heterocycles. The van der Waals surface area contributed by atoms with Crippen LogP contribution in [0.5, 0.6) is 0 Å². The first-order valence-corrected chi connectivity index (χ1v) is 5.78. The Morgan fingerprint density at radius 3 is 2.62 bits per heavy atom. The molecule has 1 N–H and O–H groups in total. The molecule has 0 aromatic carbocycles. The maximum absolute atomic E-state index is 11.7. The minimum atomic E-state index is 0.172. The van der Waals surface area contributed by atoms with Crippen LogP contribution in [0.15, 0.2) is 0 Å². The summed E-state index contributed by atoms with van der Waals surface area (Å²) in [5, 5.41) is 3.06. The van der Waals surface area contributed by atoms with Gasteiger partial charge in [-0.25, -0.2) is 0 Å². The summed E-state index contributed by atoms with van der Waals surface area (Å²) in [5.74, 6) is 0.172. The third kappa shape index (κ3) is 4.47. The van der Waals surface area contributed by atoms with E-state index in [1.165, 1.54) is 0 Å². The zero-order valence-corrected chi connectivity index (χ0v) is 10.2. The van der Waals surface area contributed by atoms with E-state index >= 15 is 0 Å². The molecule has 5 nitrogen and oxygen atoms in total. The lowest BCUT2D eigenvalue weighted by Crippen LogP contribution is -2.44. The molecule has 0 unspecified atom stereocenters. The van der Waals surface area contributed by atoms with Gasteiger partial charge >= 0.3 is 0 Å². The fourth-order valence-electron chi connectivity index (χ4n) is 1.82. The molecule has 0 aromatic rings. The van der Waals surface area contributed by atoms with Crippen molar-refractivity contribution >= 4 is 5.91 Å². The van der Waals surface area contributed by atoms with E-state index in [4.69, 9.17) is 9.47 Å². The molecule has 0 saturated carbocycles. The largest absolute Gasteiger partial charge is 0.383 e. The van der Waals surface area contributed by atoms with Crippen molar-refractivity contribution in [3.8, 4) is 0 Å². The van der Waals surface area contributed by atoms with Crippen LogP contribution in [0.2, 0.25) is 0 Å². The number of hydrogen-bond acceptors (Lipinski definition) is 4. The summed E-state index contributed by atoms with van der Waals surface area (Å²) in [5.41, 5.74) is 0. The smallest absolute Gasteiger partial charge is 0.236 e. The Bertz CT molecular complexity index is 203. The minimum Gasteiger partial charge on any atom is -0.383 e. The summed E-state index contributed by atoms with van der Waals surface area (Å²) in [6.45, 7) is 3.38.